The van der Waals surface area contributed by atoms with Gasteiger partial charge in [-0.25, -0.2) is 4.79 Å². The number of carbonyl (C=O) groups is 1. The molecule has 4 heteroatoms. The summed E-state index contributed by atoms with van der Waals surface area (Å²) < 4.78 is 0. The molecule has 1 fully saturated rings. The first-order valence-electron chi connectivity index (χ1n) is 4.61. The zero-order valence-corrected chi connectivity index (χ0v) is 7.83. The smallest absolute Gasteiger partial charge is 0.317 e. The second-order valence-electron chi connectivity index (χ2n) is 3.31. The third-order valence-electron chi connectivity index (χ3n) is 2.30. The molecule has 0 saturated carbocycles. The maximum Gasteiger partial charge on any atom is 0.317 e. The maximum atomic E-state index is 11.4. The van der Waals surface area contributed by atoms with E-state index in [1.54, 1.807) is 11.0 Å². The lowest BCUT2D eigenvalue weighted by Gasteiger charge is -2.16. The Balaban J connectivity index is 2.28. The Kier molecular flexibility index (Phi) is 3.76. The molecular formula is C9H17N3O. The lowest BCUT2D eigenvalue weighted by molar-refractivity contribution is 0.208. The minimum Gasteiger partial charge on any atom is -0.335 e. The zero-order valence-electron chi connectivity index (χ0n) is 7.83. The molecule has 0 bridgehead atoms. The molecule has 74 valence electrons. The number of carbonyl (C=O) groups excluding carboxylic acids is 1. The van der Waals surface area contributed by atoms with Crippen LogP contribution in [-0.4, -0.2) is 37.1 Å². The summed E-state index contributed by atoms with van der Waals surface area (Å²) in [5.41, 5.74) is 5.52. The van der Waals surface area contributed by atoms with Crippen molar-refractivity contribution in [3.8, 4) is 0 Å². The van der Waals surface area contributed by atoms with Crippen molar-refractivity contribution in [2.45, 2.75) is 6.42 Å². The van der Waals surface area contributed by atoms with Crippen molar-refractivity contribution in [2.75, 3.05) is 26.2 Å². The third-order valence-corrected chi connectivity index (χ3v) is 2.30. The molecule has 1 heterocycles. The molecule has 1 saturated heterocycles. The lowest BCUT2D eigenvalue weighted by atomic mass is 10.1. The van der Waals surface area contributed by atoms with Crippen LogP contribution >= 0.6 is 0 Å². The molecule has 0 radical (unpaired) electrons. The van der Waals surface area contributed by atoms with E-state index in [-0.39, 0.29) is 6.03 Å². The van der Waals surface area contributed by atoms with Crippen molar-refractivity contribution in [3.05, 3.63) is 12.7 Å². The van der Waals surface area contributed by atoms with Crippen LogP contribution in [0.25, 0.3) is 0 Å². The van der Waals surface area contributed by atoms with E-state index in [0.29, 0.717) is 19.0 Å². The van der Waals surface area contributed by atoms with Gasteiger partial charge in [0, 0.05) is 19.6 Å². The third kappa shape index (κ3) is 2.73. The molecule has 0 aromatic heterocycles. The molecule has 0 aromatic carbocycles. The van der Waals surface area contributed by atoms with Gasteiger partial charge in [-0.05, 0) is 18.9 Å². The number of nitrogens with two attached hydrogens (primary N) is 1. The molecular weight excluding hydrogens is 166 g/mol. The predicted octanol–water partition coefficient (Wildman–Crippen LogP) is 0.163. The van der Waals surface area contributed by atoms with Crippen molar-refractivity contribution in [3.63, 3.8) is 0 Å². The Labute approximate surface area is 78.8 Å². The zero-order chi connectivity index (χ0) is 9.68. The SMILES string of the molecule is C=CCNC(=O)N1CCC(CN)C1. The van der Waals surface area contributed by atoms with Gasteiger partial charge in [-0.15, -0.1) is 6.58 Å². The maximum absolute atomic E-state index is 11.4. The molecule has 1 aliphatic heterocycles. The Bertz CT molecular complexity index is 193. The van der Waals surface area contributed by atoms with E-state index >= 15 is 0 Å². The van der Waals surface area contributed by atoms with Crippen LogP contribution in [0.4, 0.5) is 4.79 Å². The standard InChI is InChI=1S/C9H17N3O/c1-2-4-11-9(13)12-5-3-8(6-10)7-12/h2,8H,1,3-7,10H2,(H,11,13). The second-order valence-corrected chi connectivity index (χ2v) is 3.31. The average Bonchev–Trinajstić information content (AvgIpc) is 2.62. The minimum atomic E-state index is -0.00384. The Hall–Kier alpha value is -1.03. The van der Waals surface area contributed by atoms with Crippen molar-refractivity contribution in [1.29, 1.82) is 0 Å². The number of nitrogens with zero attached hydrogens (tertiary/aromatic N) is 1. The molecule has 0 aromatic rings. The quantitative estimate of drug-likeness (QED) is 0.612. The summed E-state index contributed by atoms with van der Waals surface area (Å²) in [5.74, 6) is 0.481. The topological polar surface area (TPSA) is 58.4 Å². The van der Waals surface area contributed by atoms with Crippen LogP contribution in [0.5, 0.6) is 0 Å². The van der Waals surface area contributed by atoms with Gasteiger partial charge in [0.05, 0.1) is 0 Å². The first kappa shape index (κ1) is 10.1. The van der Waals surface area contributed by atoms with E-state index in [0.717, 1.165) is 19.5 Å². The van der Waals surface area contributed by atoms with Crippen molar-refractivity contribution in [2.24, 2.45) is 11.7 Å². The fraction of sp³-hybridized carbons (Fsp3) is 0.667. The summed E-state index contributed by atoms with van der Waals surface area (Å²) in [6.45, 7) is 6.35. The van der Waals surface area contributed by atoms with Gasteiger partial charge in [-0.3, -0.25) is 0 Å². The van der Waals surface area contributed by atoms with E-state index in [1.165, 1.54) is 0 Å². The molecule has 2 amide bonds. The predicted molar refractivity (Wildman–Crippen MR) is 52.3 cm³/mol. The number of nitrogens with one attached hydrogen (secondary N) is 1. The molecule has 0 spiro atoms. The number of urea groups is 1. The second kappa shape index (κ2) is 4.87. The van der Waals surface area contributed by atoms with Gasteiger partial charge in [0.2, 0.25) is 0 Å². The van der Waals surface area contributed by atoms with E-state index in [2.05, 4.69) is 11.9 Å². The van der Waals surface area contributed by atoms with Gasteiger partial charge < -0.3 is 16.0 Å². The molecule has 3 N–H and O–H groups in total. The van der Waals surface area contributed by atoms with Crippen LogP contribution in [0.15, 0.2) is 12.7 Å². The molecule has 1 unspecified atom stereocenters. The number of hydrogen-bond donors (Lipinski definition) is 2. The summed E-state index contributed by atoms with van der Waals surface area (Å²) in [7, 11) is 0. The van der Waals surface area contributed by atoms with E-state index in [1.807, 2.05) is 0 Å². The fourth-order valence-corrected chi connectivity index (χ4v) is 1.48. The van der Waals surface area contributed by atoms with Crippen molar-refractivity contribution < 1.29 is 4.79 Å². The molecule has 1 aliphatic rings. The highest BCUT2D eigenvalue weighted by molar-refractivity contribution is 5.74. The largest absolute Gasteiger partial charge is 0.335 e. The molecule has 1 rings (SSSR count). The van der Waals surface area contributed by atoms with Gasteiger partial charge in [0.1, 0.15) is 0 Å². The van der Waals surface area contributed by atoms with Crippen molar-refractivity contribution >= 4 is 6.03 Å². The van der Waals surface area contributed by atoms with Crippen LogP contribution in [0, 0.1) is 5.92 Å². The Morgan fingerprint density at radius 2 is 2.54 bits per heavy atom. The van der Waals surface area contributed by atoms with Crippen LogP contribution in [0.3, 0.4) is 0 Å². The van der Waals surface area contributed by atoms with Gasteiger partial charge in [-0.1, -0.05) is 6.08 Å². The van der Waals surface area contributed by atoms with E-state index in [4.69, 9.17) is 5.73 Å². The molecule has 4 nitrogen and oxygen atoms in total. The normalized spacial score (nSPS) is 21.6. The van der Waals surface area contributed by atoms with Crippen LogP contribution in [0.2, 0.25) is 0 Å². The van der Waals surface area contributed by atoms with E-state index < -0.39 is 0 Å². The number of likely N-dealkylation sites (tertiary alicyclic amines) is 1. The first-order chi connectivity index (χ1) is 6.27. The van der Waals surface area contributed by atoms with Crippen LogP contribution in [0.1, 0.15) is 6.42 Å². The summed E-state index contributed by atoms with van der Waals surface area (Å²) in [5, 5.41) is 2.75. The lowest BCUT2D eigenvalue weighted by Crippen LogP contribution is -2.38. The molecule has 1 atom stereocenters. The number of amides is 2. The highest BCUT2D eigenvalue weighted by Gasteiger charge is 2.24. The summed E-state index contributed by atoms with van der Waals surface area (Å²) in [4.78, 5) is 13.2. The van der Waals surface area contributed by atoms with E-state index in [9.17, 15) is 4.79 Å². The van der Waals surface area contributed by atoms with Gasteiger partial charge in [-0.2, -0.15) is 0 Å². The van der Waals surface area contributed by atoms with Crippen LogP contribution < -0.4 is 11.1 Å². The minimum absolute atomic E-state index is 0.00384. The summed E-state index contributed by atoms with van der Waals surface area (Å²) >= 11 is 0. The van der Waals surface area contributed by atoms with Gasteiger partial charge in [0.15, 0.2) is 0 Å². The fourth-order valence-electron chi connectivity index (χ4n) is 1.48. The number of hydrogen-bond acceptors (Lipinski definition) is 2. The van der Waals surface area contributed by atoms with Gasteiger partial charge >= 0.3 is 6.03 Å². The number of rotatable bonds is 3. The molecule has 0 aliphatic carbocycles. The highest BCUT2D eigenvalue weighted by Crippen LogP contribution is 2.14. The monoisotopic (exact) mass is 183 g/mol. The first-order valence-corrected chi connectivity index (χ1v) is 4.61. The molecule has 13 heavy (non-hydrogen) atoms. The Morgan fingerprint density at radius 1 is 1.77 bits per heavy atom. The highest BCUT2D eigenvalue weighted by atomic mass is 16.2. The summed E-state index contributed by atoms with van der Waals surface area (Å²) in [6, 6.07) is -0.00384. The summed E-state index contributed by atoms with van der Waals surface area (Å²) in [6.07, 6.45) is 2.70. The van der Waals surface area contributed by atoms with Crippen molar-refractivity contribution in [1.82, 2.24) is 10.2 Å². The average molecular weight is 183 g/mol. The Morgan fingerprint density at radius 3 is 3.08 bits per heavy atom. The van der Waals surface area contributed by atoms with Crippen LogP contribution in [-0.2, 0) is 0 Å². The van der Waals surface area contributed by atoms with Gasteiger partial charge in [0.25, 0.3) is 0 Å².